The molecule has 3 rings (SSSR count). The number of nitrogens with one attached hydrogen (secondary N) is 1. The third-order valence-corrected chi connectivity index (χ3v) is 4.48. The number of nitrogens with zero attached hydrogens (tertiary/aromatic N) is 1. The van der Waals surface area contributed by atoms with Crippen molar-refractivity contribution in [2.45, 2.75) is 25.8 Å². The second-order valence-electron chi connectivity index (χ2n) is 6.19. The van der Waals surface area contributed by atoms with Crippen molar-refractivity contribution in [2.75, 3.05) is 39.5 Å². The molecule has 1 N–H and O–H groups in total. The molecule has 1 aliphatic heterocycles. The van der Waals surface area contributed by atoms with Gasteiger partial charge in [-0.2, -0.15) is 0 Å². The number of hydrogen-bond acceptors (Lipinski definition) is 4. The number of hydrogen-bond donors (Lipinski definition) is 1. The highest BCUT2D eigenvalue weighted by Gasteiger charge is 2.31. The molecule has 2 fully saturated rings. The Morgan fingerprint density at radius 3 is 2.61 bits per heavy atom. The Balaban J connectivity index is 1.68. The fourth-order valence-electron chi connectivity index (χ4n) is 2.99. The summed E-state index contributed by atoms with van der Waals surface area (Å²) in [4.78, 5) is 14.4. The van der Waals surface area contributed by atoms with Gasteiger partial charge in [-0.15, -0.1) is 0 Å². The maximum absolute atomic E-state index is 12.0. The maximum atomic E-state index is 12.0. The zero-order chi connectivity index (χ0) is 16.1. The Bertz CT molecular complexity index is 508. The second kappa shape index (κ2) is 7.79. The lowest BCUT2D eigenvalue weighted by atomic mass is 10.0. The van der Waals surface area contributed by atoms with Crippen LogP contribution in [0.2, 0.25) is 0 Å². The van der Waals surface area contributed by atoms with Crippen LogP contribution in [-0.2, 0) is 9.53 Å². The first kappa shape index (κ1) is 16.3. The summed E-state index contributed by atoms with van der Waals surface area (Å²) in [5, 5.41) is 3.13. The van der Waals surface area contributed by atoms with Crippen LogP contribution in [-0.4, -0.2) is 50.3 Å². The van der Waals surface area contributed by atoms with Gasteiger partial charge in [0.05, 0.1) is 25.9 Å². The first-order chi connectivity index (χ1) is 11.3. The molecule has 1 heterocycles. The van der Waals surface area contributed by atoms with Gasteiger partial charge < -0.3 is 14.8 Å². The van der Waals surface area contributed by atoms with Crippen molar-refractivity contribution >= 4 is 5.91 Å². The van der Waals surface area contributed by atoms with Crippen molar-refractivity contribution in [1.29, 1.82) is 0 Å². The number of rotatable bonds is 7. The standard InChI is InChI=1S/C18H26N2O3/c1-2-23-16-7-5-14(6-8-16)17(20-9-11-22-12-10-20)13-19-18(21)15-3-4-15/h5-8,15,17H,2-4,9-13H2,1H3,(H,19,21). The summed E-state index contributed by atoms with van der Waals surface area (Å²) in [6.07, 6.45) is 2.08. The summed E-state index contributed by atoms with van der Waals surface area (Å²) < 4.78 is 11.0. The van der Waals surface area contributed by atoms with Gasteiger partial charge in [0.2, 0.25) is 5.91 Å². The molecule has 1 saturated heterocycles. The molecule has 126 valence electrons. The summed E-state index contributed by atoms with van der Waals surface area (Å²) >= 11 is 0. The van der Waals surface area contributed by atoms with E-state index in [2.05, 4.69) is 22.3 Å². The summed E-state index contributed by atoms with van der Waals surface area (Å²) in [6, 6.07) is 8.42. The van der Waals surface area contributed by atoms with Crippen LogP contribution in [0.25, 0.3) is 0 Å². The van der Waals surface area contributed by atoms with Crippen molar-refractivity contribution in [3.63, 3.8) is 0 Å². The van der Waals surface area contributed by atoms with Crippen LogP contribution in [0, 0.1) is 5.92 Å². The molecule has 0 radical (unpaired) electrons. The van der Waals surface area contributed by atoms with E-state index in [9.17, 15) is 4.79 Å². The minimum absolute atomic E-state index is 0.192. The molecular formula is C18H26N2O3. The average Bonchev–Trinajstić information content (AvgIpc) is 3.43. The molecule has 23 heavy (non-hydrogen) atoms. The normalized spacial score (nSPS) is 20.0. The molecule has 1 amide bonds. The minimum atomic E-state index is 0.192. The number of morpholine rings is 1. The minimum Gasteiger partial charge on any atom is -0.494 e. The van der Waals surface area contributed by atoms with Gasteiger partial charge in [-0.1, -0.05) is 12.1 Å². The maximum Gasteiger partial charge on any atom is 0.223 e. The lowest BCUT2D eigenvalue weighted by molar-refractivity contribution is -0.122. The predicted octanol–water partition coefficient (Wildman–Crippen LogP) is 1.98. The van der Waals surface area contributed by atoms with Gasteiger partial charge in [0.15, 0.2) is 0 Å². The van der Waals surface area contributed by atoms with Crippen LogP contribution >= 0.6 is 0 Å². The Labute approximate surface area is 137 Å². The van der Waals surface area contributed by atoms with E-state index in [1.807, 2.05) is 19.1 Å². The SMILES string of the molecule is CCOc1ccc(C(CNC(=O)C2CC2)N2CCOCC2)cc1. The largest absolute Gasteiger partial charge is 0.494 e. The predicted molar refractivity (Wildman–Crippen MR) is 88.5 cm³/mol. The highest BCUT2D eigenvalue weighted by Crippen LogP contribution is 2.29. The van der Waals surface area contributed by atoms with Gasteiger partial charge in [0.25, 0.3) is 0 Å². The highest BCUT2D eigenvalue weighted by atomic mass is 16.5. The van der Waals surface area contributed by atoms with Gasteiger partial charge >= 0.3 is 0 Å². The molecule has 0 aromatic heterocycles. The molecule has 1 aromatic carbocycles. The lowest BCUT2D eigenvalue weighted by Gasteiger charge is -2.35. The van der Waals surface area contributed by atoms with Crippen LogP contribution in [0.4, 0.5) is 0 Å². The summed E-state index contributed by atoms with van der Waals surface area (Å²) in [7, 11) is 0. The van der Waals surface area contributed by atoms with E-state index in [-0.39, 0.29) is 17.9 Å². The quantitative estimate of drug-likeness (QED) is 0.835. The van der Waals surface area contributed by atoms with E-state index in [0.717, 1.165) is 44.9 Å². The van der Waals surface area contributed by atoms with E-state index in [0.29, 0.717) is 13.2 Å². The summed E-state index contributed by atoms with van der Waals surface area (Å²) in [5.41, 5.74) is 1.21. The number of benzene rings is 1. The molecule has 5 nitrogen and oxygen atoms in total. The van der Waals surface area contributed by atoms with Gasteiger partial charge in [-0.3, -0.25) is 9.69 Å². The smallest absolute Gasteiger partial charge is 0.223 e. The fourth-order valence-corrected chi connectivity index (χ4v) is 2.99. The van der Waals surface area contributed by atoms with Crippen LogP contribution in [0.5, 0.6) is 5.75 Å². The van der Waals surface area contributed by atoms with Crippen molar-refractivity contribution in [3.8, 4) is 5.75 Å². The Hall–Kier alpha value is -1.59. The molecule has 1 saturated carbocycles. The van der Waals surface area contributed by atoms with E-state index < -0.39 is 0 Å². The van der Waals surface area contributed by atoms with Crippen LogP contribution < -0.4 is 10.1 Å². The topological polar surface area (TPSA) is 50.8 Å². The third kappa shape index (κ3) is 4.45. The monoisotopic (exact) mass is 318 g/mol. The van der Waals surface area contributed by atoms with Crippen molar-refractivity contribution in [3.05, 3.63) is 29.8 Å². The molecular weight excluding hydrogens is 292 g/mol. The van der Waals surface area contributed by atoms with Crippen molar-refractivity contribution in [1.82, 2.24) is 10.2 Å². The van der Waals surface area contributed by atoms with E-state index in [1.54, 1.807) is 0 Å². The number of carbonyl (C=O) groups is 1. The number of ether oxygens (including phenoxy) is 2. The van der Waals surface area contributed by atoms with Crippen molar-refractivity contribution < 1.29 is 14.3 Å². The zero-order valence-electron chi connectivity index (χ0n) is 13.8. The molecule has 1 aromatic rings. The van der Waals surface area contributed by atoms with Gasteiger partial charge in [0, 0.05) is 25.6 Å². The first-order valence-corrected chi connectivity index (χ1v) is 8.60. The summed E-state index contributed by atoms with van der Waals surface area (Å²) in [5.74, 6) is 1.34. The average molecular weight is 318 g/mol. The summed E-state index contributed by atoms with van der Waals surface area (Å²) in [6.45, 7) is 6.62. The van der Waals surface area contributed by atoms with Crippen LogP contribution in [0.1, 0.15) is 31.4 Å². The van der Waals surface area contributed by atoms with Crippen molar-refractivity contribution in [2.24, 2.45) is 5.92 Å². The number of amides is 1. The first-order valence-electron chi connectivity index (χ1n) is 8.60. The van der Waals surface area contributed by atoms with E-state index >= 15 is 0 Å². The van der Waals surface area contributed by atoms with E-state index in [4.69, 9.17) is 9.47 Å². The number of carbonyl (C=O) groups excluding carboxylic acids is 1. The molecule has 2 aliphatic rings. The molecule has 1 atom stereocenters. The van der Waals surface area contributed by atoms with E-state index in [1.165, 1.54) is 5.56 Å². The molecule has 0 spiro atoms. The Morgan fingerprint density at radius 1 is 1.30 bits per heavy atom. The zero-order valence-corrected chi connectivity index (χ0v) is 13.8. The molecule has 0 bridgehead atoms. The second-order valence-corrected chi connectivity index (χ2v) is 6.19. The Morgan fingerprint density at radius 2 is 2.00 bits per heavy atom. The third-order valence-electron chi connectivity index (χ3n) is 4.48. The van der Waals surface area contributed by atoms with Gasteiger partial charge in [-0.25, -0.2) is 0 Å². The molecule has 5 heteroatoms. The molecule has 1 unspecified atom stereocenters. The fraction of sp³-hybridized carbons (Fsp3) is 0.611. The molecule has 1 aliphatic carbocycles. The van der Waals surface area contributed by atoms with Crippen LogP contribution in [0.15, 0.2) is 24.3 Å². The Kier molecular flexibility index (Phi) is 5.51. The van der Waals surface area contributed by atoms with Crippen LogP contribution in [0.3, 0.4) is 0 Å². The van der Waals surface area contributed by atoms with Gasteiger partial charge in [0.1, 0.15) is 5.75 Å². The highest BCUT2D eigenvalue weighted by molar-refractivity contribution is 5.80. The van der Waals surface area contributed by atoms with Gasteiger partial charge in [-0.05, 0) is 37.5 Å². The lowest BCUT2D eigenvalue weighted by Crippen LogP contribution is -2.44.